The highest BCUT2D eigenvalue weighted by Crippen LogP contribution is 2.35. The Hall–Kier alpha value is -1.80. The van der Waals surface area contributed by atoms with Gasteiger partial charge in [-0.1, -0.05) is 29.5 Å². The number of rotatable bonds is 6. The maximum absolute atomic E-state index is 12.6. The fourth-order valence-corrected chi connectivity index (χ4v) is 2.87. The zero-order valence-corrected chi connectivity index (χ0v) is 13.8. The molecule has 1 heterocycles. The molecule has 0 amide bonds. The largest absolute Gasteiger partial charge is 0.496 e. The van der Waals surface area contributed by atoms with Crippen LogP contribution in [0, 0.1) is 0 Å². The van der Waals surface area contributed by atoms with Crippen molar-refractivity contribution < 1.29 is 17.9 Å². The van der Waals surface area contributed by atoms with Gasteiger partial charge >= 0.3 is 6.18 Å². The number of alkyl halides is 3. The number of halogens is 3. The van der Waals surface area contributed by atoms with E-state index in [-0.39, 0.29) is 11.2 Å². The molecule has 0 aliphatic rings. The average molecular weight is 345 g/mol. The van der Waals surface area contributed by atoms with Crippen molar-refractivity contribution >= 4 is 16.5 Å². The highest BCUT2D eigenvalue weighted by Gasteiger charge is 2.33. The minimum absolute atomic E-state index is 0.0654. The number of ether oxygens (including phenoxy) is 1. The third-order valence-corrected chi connectivity index (χ3v) is 4.35. The quantitative estimate of drug-likeness (QED) is 0.862. The second-order valence-electron chi connectivity index (χ2n) is 5.13. The van der Waals surface area contributed by atoms with Crippen molar-refractivity contribution in [1.29, 1.82) is 0 Å². The van der Waals surface area contributed by atoms with E-state index in [1.54, 1.807) is 7.11 Å². The second-order valence-corrected chi connectivity index (χ2v) is 6.16. The molecule has 0 saturated heterocycles. The van der Waals surface area contributed by atoms with Crippen LogP contribution in [-0.4, -0.2) is 37.6 Å². The minimum atomic E-state index is -4.36. The van der Waals surface area contributed by atoms with Crippen LogP contribution >= 0.6 is 11.3 Å². The standard InChI is InChI=1S/C15H18F3N3OS/c1-21(2)11(10-6-4-5-7-12(10)22-3)8-19-14-20-9-13(23-14)15(16,17)18/h4-7,9,11H,8H2,1-3H3,(H,19,20). The van der Waals surface area contributed by atoms with Crippen LogP contribution < -0.4 is 10.1 Å². The van der Waals surface area contributed by atoms with Crippen molar-refractivity contribution in [2.75, 3.05) is 33.1 Å². The lowest BCUT2D eigenvalue weighted by Crippen LogP contribution is -2.27. The summed E-state index contributed by atoms with van der Waals surface area (Å²) in [5, 5.41) is 3.23. The molecule has 0 bridgehead atoms. The van der Waals surface area contributed by atoms with Crippen molar-refractivity contribution in [1.82, 2.24) is 9.88 Å². The first-order valence-electron chi connectivity index (χ1n) is 6.89. The van der Waals surface area contributed by atoms with Crippen molar-refractivity contribution in [2.24, 2.45) is 0 Å². The molecule has 0 spiro atoms. The third kappa shape index (κ3) is 4.35. The van der Waals surface area contributed by atoms with E-state index in [0.717, 1.165) is 17.5 Å². The molecule has 1 atom stereocenters. The Labute approximate surface area is 136 Å². The summed E-state index contributed by atoms with van der Waals surface area (Å²) in [6.45, 7) is 0.415. The third-order valence-electron chi connectivity index (χ3n) is 3.35. The zero-order chi connectivity index (χ0) is 17.0. The number of aromatic nitrogens is 1. The molecule has 1 aromatic carbocycles. The number of anilines is 1. The Kier molecular flexibility index (Phi) is 5.48. The molecule has 2 aromatic rings. The Balaban J connectivity index is 2.13. The molecule has 0 fully saturated rings. The number of hydrogen-bond acceptors (Lipinski definition) is 5. The lowest BCUT2D eigenvalue weighted by molar-refractivity contribution is -0.134. The predicted octanol–water partition coefficient (Wildman–Crippen LogP) is 3.89. The number of nitrogens with zero attached hydrogens (tertiary/aromatic N) is 2. The Morgan fingerprint density at radius 1 is 1.30 bits per heavy atom. The van der Waals surface area contributed by atoms with Gasteiger partial charge in [-0.05, 0) is 20.2 Å². The molecule has 4 nitrogen and oxygen atoms in total. The molecule has 0 radical (unpaired) electrons. The van der Waals surface area contributed by atoms with Crippen LogP contribution in [0.5, 0.6) is 5.75 Å². The zero-order valence-electron chi connectivity index (χ0n) is 13.0. The summed E-state index contributed by atoms with van der Waals surface area (Å²) in [5.74, 6) is 0.739. The summed E-state index contributed by atoms with van der Waals surface area (Å²) >= 11 is 0.602. The molecule has 1 N–H and O–H groups in total. The predicted molar refractivity (Wildman–Crippen MR) is 85.0 cm³/mol. The van der Waals surface area contributed by atoms with Gasteiger partial charge < -0.3 is 15.0 Å². The molecular formula is C15H18F3N3OS. The van der Waals surface area contributed by atoms with Crippen molar-refractivity contribution in [2.45, 2.75) is 12.2 Å². The lowest BCUT2D eigenvalue weighted by atomic mass is 10.0. The molecule has 0 aliphatic heterocycles. The lowest BCUT2D eigenvalue weighted by Gasteiger charge is -2.26. The summed E-state index contributed by atoms with van der Waals surface area (Å²) in [4.78, 5) is 5.05. The van der Waals surface area contributed by atoms with Crippen molar-refractivity contribution in [3.63, 3.8) is 0 Å². The number of likely N-dealkylation sites (N-methyl/N-ethyl adjacent to an activating group) is 1. The van der Waals surface area contributed by atoms with Crippen LogP contribution in [-0.2, 0) is 6.18 Å². The molecule has 126 valence electrons. The number of methoxy groups -OCH3 is 1. The van der Waals surface area contributed by atoms with E-state index in [9.17, 15) is 13.2 Å². The van der Waals surface area contributed by atoms with Gasteiger partial charge in [-0.25, -0.2) is 4.98 Å². The number of nitrogens with one attached hydrogen (secondary N) is 1. The number of para-hydroxylation sites is 1. The van der Waals surface area contributed by atoms with Gasteiger partial charge in [0, 0.05) is 12.1 Å². The van der Waals surface area contributed by atoms with Gasteiger partial charge in [-0.3, -0.25) is 0 Å². The van der Waals surface area contributed by atoms with E-state index in [0.29, 0.717) is 17.9 Å². The van der Waals surface area contributed by atoms with Crippen LogP contribution in [0.25, 0.3) is 0 Å². The Bertz CT molecular complexity index is 643. The minimum Gasteiger partial charge on any atom is -0.496 e. The van der Waals surface area contributed by atoms with Crippen molar-refractivity contribution in [3.05, 3.63) is 40.9 Å². The number of benzene rings is 1. The summed E-state index contributed by atoms with van der Waals surface area (Å²) in [6, 6.07) is 7.51. The van der Waals surface area contributed by atoms with Crippen LogP contribution in [0.4, 0.5) is 18.3 Å². The first-order chi connectivity index (χ1) is 10.8. The van der Waals surface area contributed by atoms with Crippen LogP contribution in [0.3, 0.4) is 0 Å². The maximum Gasteiger partial charge on any atom is 0.427 e. The van der Waals surface area contributed by atoms with Gasteiger partial charge in [-0.2, -0.15) is 13.2 Å². The fourth-order valence-electron chi connectivity index (χ4n) is 2.18. The van der Waals surface area contributed by atoms with Crippen molar-refractivity contribution in [3.8, 4) is 5.75 Å². The Morgan fingerprint density at radius 2 is 2.00 bits per heavy atom. The molecular weight excluding hydrogens is 327 g/mol. The monoisotopic (exact) mass is 345 g/mol. The summed E-state index contributed by atoms with van der Waals surface area (Å²) < 4.78 is 43.2. The molecule has 2 rings (SSSR count). The topological polar surface area (TPSA) is 37.4 Å². The SMILES string of the molecule is COc1ccccc1C(CNc1ncc(C(F)(F)F)s1)N(C)C. The van der Waals surface area contributed by atoms with Gasteiger partial charge in [0.2, 0.25) is 0 Å². The molecule has 1 aromatic heterocycles. The van der Waals surface area contributed by atoms with E-state index in [4.69, 9.17) is 4.74 Å². The maximum atomic E-state index is 12.6. The first-order valence-corrected chi connectivity index (χ1v) is 7.70. The van der Waals surface area contributed by atoms with E-state index in [1.807, 2.05) is 43.3 Å². The summed E-state index contributed by atoms with van der Waals surface area (Å²) in [6.07, 6.45) is -3.51. The molecule has 1 unspecified atom stereocenters. The second kappa shape index (κ2) is 7.18. The summed E-state index contributed by atoms with van der Waals surface area (Å²) in [5.41, 5.74) is 0.958. The van der Waals surface area contributed by atoms with Gasteiger partial charge in [0.1, 0.15) is 10.6 Å². The first kappa shape index (κ1) is 17.6. The van der Waals surface area contributed by atoms with E-state index < -0.39 is 11.1 Å². The molecule has 8 heteroatoms. The van der Waals surface area contributed by atoms with Gasteiger partial charge in [-0.15, -0.1) is 0 Å². The highest BCUT2D eigenvalue weighted by atomic mass is 32.1. The average Bonchev–Trinajstić information content (AvgIpc) is 2.96. The highest BCUT2D eigenvalue weighted by molar-refractivity contribution is 7.15. The van der Waals surface area contributed by atoms with E-state index in [2.05, 4.69) is 10.3 Å². The molecule has 0 aliphatic carbocycles. The van der Waals surface area contributed by atoms with E-state index in [1.165, 1.54) is 0 Å². The van der Waals surface area contributed by atoms with E-state index >= 15 is 0 Å². The van der Waals surface area contributed by atoms with Crippen LogP contribution in [0.1, 0.15) is 16.5 Å². The summed E-state index contributed by atoms with van der Waals surface area (Å²) in [7, 11) is 5.40. The number of hydrogen-bond donors (Lipinski definition) is 1. The smallest absolute Gasteiger partial charge is 0.427 e. The van der Waals surface area contributed by atoms with Gasteiger partial charge in [0.25, 0.3) is 0 Å². The molecule has 23 heavy (non-hydrogen) atoms. The number of thiazole rings is 1. The fraction of sp³-hybridized carbons (Fsp3) is 0.400. The molecule has 0 saturated carbocycles. The Morgan fingerprint density at radius 3 is 2.57 bits per heavy atom. The van der Waals surface area contributed by atoms with Gasteiger partial charge in [0.05, 0.1) is 19.3 Å². The van der Waals surface area contributed by atoms with Crippen LogP contribution in [0.15, 0.2) is 30.5 Å². The van der Waals surface area contributed by atoms with Crippen LogP contribution in [0.2, 0.25) is 0 Å². The normalized spacial score (nSPS) is 13.2. The van der Waals surface area contributed by atoms with Gasteiger partial charge in [0.15, 0.2) is 5.13 Å².